The van der Waals surface area contributed by atoms with Crippen LogP contribution in [0.15, 0.2) is 42.5 Å². The van der Waals surface area contributed by atoms with Crippen molar-refractivity contribution in [2.45, 2.75) is 19.9 Å². The van der Waals surface area contributed by atoms with Gasteiger partial charge in [-0.2, -0.15) is 0 Å². The van der Waals surface area contributed by atoms with Gasteiger partial charge in [0.05, 0.1) is 13.2 Å². The fourth-order valence-corrected chi connectivity index (χ4v) is 2.31. The zero-order valence-corrected chi connectivity index (χ0v) is 12.3. The zero-order valence-electron chi connectivity index (χ0n) is 12.3. The van der Waals surface area contributed by atoms with Gasteiger partial charge in [0, 0.05) is 17.8 Å². The maximum atomic E-state index is 5.95. The minimum Gasteiger partial charge on any atom is -0.496 e. The molecule has 2 aromatic carbocycles. The Bertz CT molecular complexity index is 581. The van der Waals surface area contributed by atoms with Crippen LogP contribution in [-0.2, 0) is 0 Å². The Morgan fingerprint density at radius 3 is 2.55 bits per heavy atom. The lowest BCUT2D eigenvalue weighted by atomic mass is 10.0. The molecule has 0 heterocycles. The summed E-state index contributed by atoms with van der Waals surface area (Å²) in [6.07, 6.45) is 0. The standard InChI is InChI=1S/C17H22N2O/c1-12-7-6-9-15(13(12)2)19-16(11-18)14-8-4-5-10-17(14)20-3/h4-10,16,19H,11,18H2,1-3H3. The Kier molecular flexibility index (Phi) is 4.64. The number of nitrogens with two attached hydrogens (primary N) is 1. The fraction of sp³-hybridized carbons (Fsp3) is 0.294. The first-order valence-corrected chi connectivity index (χ1v) is 6.83. The third-order valence-corrected chi connectivity index (χ3v) is 3.68. The molecule has 0 aliphatic heterocycles. The van der Waals surface area contributed by atoms with Gasteiger partial charge in [-0.1, -0.05) is 30.3 Å². The lowest BCUT2D eigenvalue weighted by Crippen LogP contribution is -2.21. The van der Waals surface area contributed by atoms with Crippen molar-refractivity contribution in [3.63, 3.8) is 0 Å². The normalized spacial score (nSPS) is 12.0. The van der Waals surface area contributed by atoms with E-state index in [-0.39, 0.29) is 6.04 Å². The number of nitrogens with one attached hydrogen (secondary N) is 1. The lowest BCUT2D eigenvalue weighted by molar-refractivity contribution is 0.407. The van der Waals surface area contributed by atoms with Crippen molar-refractivity contribution >= 4 is 5.69 Å². The first-order chi connectivity index (χ1) is 9.67. The highest BCUT2D eigenvalue weighted by Crippen LogP contribution is 2.29. The maximum absolute atomic E-state index is 5.95. The molecule has 0 fully saturated rings. The van der Waals surface area contributed by atoms with Gasteiger partial charge in [0.2, 0.25) is 0 Å². The number of benzene rings is 2. The van der Waals surface area contributed by atoms with Gasteiger partial charge in [-0.3, -0.25) is 0 Å². The number of hydrogen-bond donors (Lipinski definition) is 2. The first-order valence-electron chi connectivity index (χ1n) is 6.83. The van der Waals surface area contributed by atoms with Gasteiger partial charge in [-0.25, -0.2) is 0 Å². The monoisotopic (exact) mass is 270 g/mol. The van der Waals surface area contributed by atoms with E-state index >= 15 is 0 Å². The Balaban J connectivity index is 2.31. The minimum absolute atomic E-state index is 0.0339. The van der Waals surface area contributed by atoms with Crippen LogP contribution in [-0.4, -0.2) is 13.7 Å². The van der Waals surface area contributed by atoms with Crippen molar-refractivity contribution in [1.29, 1.82) is 0 Å². The quantitative estimate of drug-likeness (QED) is 0.875. The number of rotatable bonds is 5. The molecule has 0 amide bonds. The zero-order chi connectivity index (χ0) is 14.5. The molecule has 0 aliphatic carbocycles. The Morgan fingerprint density at radius 2 is 1.85 bits per heavy atom. The molecule has 2 rings (SSSR count). The van der Waals surface area contributed by atoms with E-state index in [0.29, 0.717) is 6.54 Å². The van der Waals surface area contributed by atoms with Crippen molar-refractivity contribution in [2.75, 3.05) is 19.0 Å². The van der Waals surface area contributed by atoms with Crippen molar-refractivity contribution < 1.29 is 4.74 Å². The molecule has 106 valence electrons. The predicted octanol–water partition coefficient (Wildman–Crippen LogP) is 3.42. The van der Waals surface area contributed by atoms with Crippen LogP contribution in [0, 0.1) is 13.8 Å². The van der Waals surface area contributed by atoms with E-state index in [4.69, 9.17) is 10.5 Å². The van der Waals surface area contributed by atoms with Crippen LogP contribution in [0.1, 0.15) is 22.7 Å². The summed E-state index contributed by atoms with van der Waals surface area (Å²) in [5, 5.41) is 3.52. The average molecular weight is 270 g/mol. The molecule has 0 saturated heterocycles. The second-order valence-corrected chi connectivity index (χ2v) is 4.92. The van der Waals surface area contributed by atoms with Crippen molar-refractivity contribution in [3.8, 4) is 5.75 Å². The molecule has 0 spiro atoms. The highest BCUT2D eigenvalue weighted by molar-refractivity contribution is 5.56. The minimum atomic E-state index is 0.0339. The number of ether oxygens (including phenoxy) is 1. The summed E-state index contributed by atoms with van der Waals surface area (Å²) < 4.78 is 5.42. The van der Waals surface area contributed by atoms with Crippen LogP contribution in [0.5, 0.6) is 5.75 Å². The molecule has 0 saturated carbocycles. The number of aryl methyl sites for hydroxylation is 1. The summed E-state index contributed by atoms with van der Waals surface area (Å²) in [5.74, 6) is 0.862. The Morgan fingerprint density at radius 1 is 1.10 bits per heavy atom. The van der Waals surface area contributed by atoms with E-state index in [1.807, 2.05) is 18.2 Å². The van der Waals surface area contributed by atoms with Crippen molar-refractivity contribution in [2.24, 2.45) is 5.73 Å². The van der Waals surface area contributed by atoms with Crippen molar-refractivity contribution in [3.05, 3.63) is 59.2 Å². The maximum Gasteiger partial charge on any atom is 0.124 e. The molecule has 0 bridgehead atoms. The molecule has 0 radical (unpaired) electrons. The molecule has 3 N–H and O–H groups in total. The topological polar surface area (TPSA) is 47.3 Å². The summed E-state index contributed by atoms with van der Waals surface area (Å²) in [6, 6.07) is 14.3. The van der Waals surface area contributed by atoms with Gasteiger partial charge >= 0.3 is 0 Å². The largest absolute Gasteiger partial charge is 0.496 e. The smallest absolute Gasteiger partial charge is 0.124 e. The van der Waals surface area contributed by atoms with E-state index in [1.165, 1.54) is 11.1 Å². The van der Waals surface area contributed by atoms with Crippen LogP contribution >= 0.6 is 0 Å². The summed E-state index contributed by atoms with van der Waals surface area (Å²) in [6.45, 7) is 4.74. The lowest BCUT2D eigenvalue weighted by Gasteiger charge is -2.22. The number of hydrogen-bond acceptors (Lipinski definition) is 3. The third-order valence-electron chi connectivity index (χ3n) is 3.68. The SMILES string of the molecule is COc1ccccc1C(CN)Nc1cccc(C)c1C. The summed E-state index contributed by atoms with van der Waals surface area (Å²) >= 11 is 0. The second-order valence-electron chi connectivity index (χ2n) is 4.92. The molecule has 20 heavy (non-hydrogen) atoms. The second kappa shape index (κ2) is 6.44. The van der Waals surface area contributed by atoms with E-state index in [1.54, 1.807) is 7.11 Å². The number of methoxy groups -OCH3 is 1. The van der Waals surface area contributed by atoms with Crippen LogP contribution < -0.4 is 15.8 Å². The Labute approximate surface area is 120 Å². The number of anilines is 1. The highest BCUT2D eigenvalue weighted by atomic mass is 16.5. The van der Waals surface area contributed by atoms with Gasteiger partial charge in [-0.05, 0) is 37.1 Å². The fourth-order valence-electron chi connectivity index (χ4n) is 2.31. The van der Waals surface area contributed by atoms with E-state index < -0.39 is 0 Å². The van der Waals surface area contributed by atoms with E-state index in [0.717, 1.165) is 17.0 Å². The van der Waals surface area contributed by atoms with E-state index in [9.17, 15) is 0 Å². The van der Waals surface area contributed by atoms with Crippen LogP contribution in [0.4, 0.5) is 5.69 Å². The predicted molar refractivity (Wildman–Crippen MR) is 84.3 cm³/mol. The van der Waals surface area contributed by atoms with E-state index in [2.05, 4.69) is 43.4 Å². The summed E-state index contributed by atoms with van der Waals surface area (Å²) in [4.78, 5) is 0. The van der Waals surface area contributed by atoms with Gasteiger partial charge in [-0.15, -0.1) is 0 Å². The molecular formula is C17H22N2O. The third kappa shape index (κ3) is 2.94. The summed E-state index contributed by atoms with van der Waals surface area (Å²) in [5.41, 5.74) is 10.7. The van der Waals surface area contributed by atoms with Crippen LogP contribution in [0.25, 0.3) is 0 Å². The van der Waals surface area contributed by atoms with Crippen molar-refractivity contribution in [1.82, 2.24) is 0 Å². The molecule has 1 atom stereocenters. The van der Waals surface area contributed by atoms with Gasteiger partial charge in [0.25, 0.3) is 0 Å². The molecule has 0 aromatic heterocycles. The first kappa shape index (κ1) is 14.4. The molecule has 1 unspecified atom stereocenters. The summed E-state index contributed by atoms with van der Waals surface area (Å²) in [7, 11) is 1.68. The highest BCUT2D eigenvalue weighted by Gasteiger charge is 2.15. The van der Waals surface area contributed by atoms with Gasteiger partial charge in [0.1, 0.15) is 5.75 Å². The Hall–Kier alpha value is -2.00. The molecular weight excluding hydrogens is 248 g/mol. The molecule has 2 aromatic rings. The van der Waals surface area contributed by atoms with Crippen LogP contribution in [0.3, 0.4) is 0 Å². The number of para-hydroxylation sites is 1. The molecule has 3 heteroatoms. The average Bonchev–Trinajstić information content (AvgIpc) is 2.49. The van der Waals surface area contributed by atoms with Crippen LogP contribution in [0.2, 0.25) is 0 Å². The van der Waals surface area contributed by atoms with Gasteiger partial charge in [0.15, 0.2) is 0 Å². The van der Waals surface area contributed by atoms with Gasteiger partial charge < -0.3 is 15.8 Å². The molecule has 0 aliphatic rings. The molecule has 3 nitrogen and oxygen atoms in total.